The van der Waals surface area contributed by atoms with E-state index < -0.39 is 0 Å². The number of rotatable bonds is 10. The standard InChI is InChI=1S/C28H23Cl2N5O2S2/c1-17-6-4-7-18(12-17)13-20-15-31-27(39-20)33-24(36)16-38-28-35-34-25(37-28)14-19-8-2-3-11-23(19)32-26-21(29)9-5-10-22(26)30/h2-12,15,32H,13-14,16H2,1H3,(H,31,33,36). The van der Waals surface area contributed by atoms with E-state index in [1.54, 1.807) is 24.4 Å². The lowest BCUT2D eigenvalue weighted by molar-refractivity contribution is -0.113. The van der Waals surface area contributed by atoms with Crippen LogP contribution in [0.5, 0.6) is 0 Å². The Morgan fingerprint density at radius 1 is 1.00 bits per heavy atom. The van der Waals surface area contributed by atoms with Gasteiger partial charge in [0.25, 0.3) is 5.22 Å². The van der Waals surface area contributed by atoms with Gasteiger partial charge in [-0.15, -0.1) is 21.5 Å². The van der Waals surface area contributed by atoms with Crippen molar-refractivity contribution in [1.29, 1.82) is 0 Å². The van der Waals surface area contributed by atoms with E-state index in [1.165, 1.54) is 34.2 Å². The van der Waals surface area contributed by atoms with Crippen molar-refractivity contribution in [3.8, 4) is 0 Å². The van der Waals surface area contributed by atoms with Gasteiger partial charge in [-0.05, 0) is 36.2 Å². The van der Waals surface area contributed by atoms with Gasteiger partial charge in [-0.3, -0.25) is 4.79 Å². The lowest BCUT2D eigenvalue weighted by Crippen LogP contribution is -2.13. The summed E-state index contributed by atoms with van der Waals surface area (Å²) >= 11 is 15.3. The number of nitrogens with one attached hydrogen (secondary N) is 2. The summed E-state index contributed by atoms with van der Waals surface area (Å²) in [4.78, 5) is 17.9. The van der Waals surface area contributed by atoms with Crippen LogP contribution in [-0.4, -0.2) is 26.8 Å². The van der Waals surface area contributed by atoms with Crippen LogP contribution in [0.1, 0.15) is 27.5 Å². The van der Waals surface area contributed by atoms with Gasteiger partial charge in [-0.25, -0.2) is 4.98 Å². The number of halogens is 2. The summed E-state index contributed by atoms with van der Waals surface area (Å²) < 4.78 is 5.79. The number of thioether (sulfide) groups is 1. The van der Waals surface area contributed by atoms with Gasteiger partial charge in [-0.1, -0.05) is 89.1 Å². The highest BCUT2D eigenvalue weighted by Crippen LogP contribution is 2.34. The molecule has 7 nitrogen and oxygen atoms in total. The zero-order chi connectivity index (χ0) is 27.2. The third-order valence-corrected chi connectivity index (χ3v) is 7.98. The molecule has 3 aromatic carbocycles. The second-order valence-corrected chi connectivity index (χ2v) is 11.5. The Bertz CT molecular complexity index is 1580. The third kappa shape index (κ3) is 7.39. The molecule has 1 amide bonds. The number of para-hydroxylation sites is 2. The van der Waals surface area contributed by atoms with E-state index in [4.69, 9.17) is 27.6 Å². The Kier molecular flexibility index (Phi) is 8.83. The molecular weight excluding hydrogens is 573 g/mol. The SMILES string of the molecule is Cc1cccc(Cc2cnc(NC(=O)CSc3nnc(Cc4ccccc4Nc4c(Cl)cccc4Cl)o3)s2)c1. The minimum atomic E-state index is -0.192. The number of anilines is 3. The van der Waals surface area contributed by atoms with Crippen molar-refractivity contribution in [3.05, 3.63) is 110 Å². The predicted octanol–water partition coefficient (Wildman–Crippen LogP) is 7.80. The zero-order valence-corrected chi connectivity index (χ0v) is 23.9. The Balaban J connectivity index is 1.15. The van der Waals surface area contributed by atoms with Crippen LogP contribution in [0.2, 0.25) is 10.0 Å². The molecule has 0 atom stereocenters. The van der Waals surface area contributed by atoms with Crippen molar-refractivity contribution >= 4 is 68.7 Å². The molecule has 0 fully saturated rings. The van der Waals surface area contributed by atoms with Crippen LogP contribution in [0.4, 0.5) is 16.5 Å². The van der Waals surface area contributed by atoms with Gasteiger partial charge >= 0.3 is 0 Å². The monoisotopic (exact) mass is 595 g/mol. The molecule has 198 valence electrons. The average Bonchev–Trinajstić information content (AvgIpc) is 3.55. The number of carbonyl (C=O) groups is 1. The van der Waals surface area contributed by atoms with E-state index in [0.29, 0.717) is 38.4 Å². The van der Waals surface area contributed by atoms with Gasteiger partial charge in [0.15, 0.2) is 5.13 Å². The number of amides is 1. The number of carbonyl (C=O) groups excluding carboxylic acids is 1. The van der Waals surface area contributed by atoms with Gasteiger partial charge < -0.3 is 15.1 Å². The first kappa shape index (κ1) is 27.2. The highest BCUT2D eigenvalue weighted by Gasteiger charge is 2.14. The zero-order valence-electron chi connectivity index (χ0n) is 20.8. The number of nitrogens with zero attached hydrogens (tertiary/aromatic N) is 3. The molecule has 0 saturated carbocycles. The topological polar surface area (TPSA) is 92.9 Å². The Morgan fingerprint density at radius 2 is 1.79 bits per heavy atom. The fourth-order valence-electron chi connectivity index (χ4n) is 3.83. The van der Waals surface area contributed by atoms with E-state index in [2.05, 4.69) is 50.9 Å². The molecule has 0 aliphatic carbocycles. The van der Waals surface area contributed by atoms with Crippen molar-refractivity contribution in [2.45, 2.75) is 25.0 Å². The van der Waals surface area contributed by atoms with Crippen LogP contribution in [-0.2, 0) is 17.6 Å². The molecule has 39 heavy (non-hydrogen) atoms. The van der Waals surface area contributed by atoms with Gasteiger partial charge in [0.05, 0.1) is 27.9 Å². The molecule has 0 bridgehead atoms. The molecule has 0 aliphatic rings. The molecule has 0 saturated heterocycles. The number of aryl methyl sites for hydroxylation is 1. The maximum absolute atomic E-state index is 12.5. The van der Waals surface area contributed by atoms with Crippen molar-refractivity contribution in [3.63, 3.8) is 0 Å². The quantitative estimate of drug-likeness (QED) is 0.159. The molecule has 2 aromatic heterocycles. The van der Waals surface area contributed by atoms with Gasteiger partial charge in [0.2, 0.25) is 11.8 Å². The first-order chi connectivity index (χ1) is 18.9. The molecule has 2 N–H and O–H groups in total. The van der Waals surface area contributed by atoms with Crippen molar-refractivity contribution < 1.29 is 9.21 Å². The Labute approximate surface area is 244 Å². The van der Waals surface area contributed by atoms with Crippen LogP contribution < -0.4 is 10.6 Å². The summed E-state index contributed by atoms with van der Waals surface area (Å²) in [6.45, 7) is 2.07. The molecule has 5 aromatic rings. The first-order valence-corrected chi connectivity index (χ1v) is 14.5. The summed E-state index contributed by atoms with van der Waals surface area (Å²) in [6, 6.07) is 21.4. The molecule has 0 radical (unpaired) electrons. The summed E-state index contributed by atoms with van der Waals surface area (Å²) in [7, 11) is 0. The lowest BCUT2D eigenvalue weighted by Gasteiger charge is -2.13. The first-order valence-electron chi connectivity index (χ1n) is 12.0. The van der Waals surface area contributed by atoms with Crippen molar-refractivity contribution in [2.24, 2.45) is 0 Å². The van der Waals surface area contributed by atoms with E-state index in [-0.39, 0.29) is 11.7 Å². The second kappa shape index (κ2) is 12.7. The molecule has 0 aliphatic heterocycles. The highest BCUT2D eigenvalue weighted by molar-refractivity contribution is 7.99. The largest absolute Gasteiger partial charge is 0.416 e. The van der Waals surface area contributed by atoms with Crippen LogP contribution in [0.3, 0.4) is 0 Å². The van der Waals surface area contributed by atoms with Crippen LogP contribution >= 0.6 is 46.3 Å². The number of hydrogen-bond donors (Lipinski definition) is 2. The minimum Gasteiger partial charge on any atom is -0.416 e. The maximum atomic E-state index is 12.5. The smallest absolute Gasteiger partial charge is 0.277 e. The third-order valence-electron chi connectivity index (χ3n) is 5.62. The number of hydrogen-bond acceptors (Lipinski definition) is 8. The number of thiazole rings is 1. The predicted molar refractivity (Wildman–Crippen MR) is 159 cm³/mol. The molecule has 0 unspecified atom stereocenters. The fourth-order valence-corrected chi connectivity index (χ4v) is 5.77. The van der Waals surface area contributed by atoms with Crippen LogP contribution in [0.25, 0.3) is 0 Å². The average molecular weight is 597 g/mol. The molecule has 11 heteroatoms. The molecule has 5 rings (SSSR count). The van der Waals surface area contributed by atoms with Gasteiger partial charge in [0, 0.05) is 23.2 Å². The molecule has 2 heterocycles. The van der Waals surface area contributed by atoms with E-state index in [0.717, 1.165) is 22.5 Å². The second-order valence-electron chi connectivity index (χ2n) is 8.65. The fraction of sp³-hybridized carbons (Fsp3) is 0.143. The number of aromatic nitrogens is 3. The normalized spacial score (nSPS) is 10.9. The Hall–Kier alpha value is -3.37. The van der Waals surface area contributed by atoms with Gasteiger partial charge in [0.1, 0.15) is 0 Å². The van der Waals surface area contributed by atoms with Crippen LogP contribution in [0.15, 0.2) is 82.6 Å². The van der Waals surface area contributed by atoms with E-state index in [9.17, 15) is 4.79 Å². The van der Waals surface area contributed by atoms with E-state index >= 15 is 0 Å². The highest BCUT2D eigenvalue weighted by atomic mass is 35.5. The Morgan fingerprint density at radius 3 is 2.62 bits per heavy atom. The van der Waals surface area contributed by atoms with Gasteiger partial charge in [-0.2, -0.15) is 0 Å². The van der Waals surface area contributed by atoms with Crippen molar-refractivity contribution in [2.75, 3.05) is 16.4 Å². The summed E-state index contributed by atoms with van der Waals surface area (Å²) in [5, 5.41) is 16.3. The number of benzene rings is 3. The molecular formula is C28H23Cl2N5O2S2. The maximum Gasteiger partial charge on any atom is 0.277 e. The lowest BCUT2D eigenvalue weighted by atomic mass is 10.1. The summed E-state index contributed by atoms with van der Waals surface area (Å²) in [5.74, 6) is 0.359. The van der Waals surface area contributed by atoms with Crippen LogP contribution in [0, 0.1) is 6.92 Å². The van der Waals surface area contributed by atoms with Crippen molar-refractivity contribution in [1.82, 2.24) is 15.2 Å². The summed E-state index contributed by atoms with van der Waals surface area (Å²) in [5.41, 5.74) is 4.81. The van der Waals surface area contributed by atoms with E-state index in [1.807, 2.05) is 30.3 Å². The molecule has 0 spiro atoms. The summed E-state index contributed by atoms with van der Waals surface area (Å²) in [6.07, 6.45) is 2.97. The minimum absolute atomic E-state index is 0.123.